The van der Waals surface area contributed by atoms with E-state index in [4.69, 9.17) is 11.6 Å². The van der Waals surface area contributed by atoms with Crippen molar-refractivity contribution in [1.82, 2.24) is 4.72 Å². The van der Waals surface area contributed by atoms with Gasteiger partial charge in [-0.1, -0.05) is 23.7 Å². The molecule has 3 rings (SSSR count). The van der Waals surface area contributed by atoms with Gasteiger partial charge in [-0.2, -0.15) is 8.78 Å². The molecule has 36 heavy (non-hydrogen) atoms. The van der Waals surface area contributed by atoms with Gasteiger partial charge in [0.2, 0.25) is 29.7 Å². The van der Waals surface area contributed by atoms with E-state index in [-0.39, 0.29) is 14.8 Å². The molecule has 0 saturated heterocycles. The molecule has 0 saturated carbocycles. The van der Waals surface area contributed by atoms with E-state index in [9.17, 15) is 34.0 Å². The molecule has 1 N–H and O–H groups in total. The lowest BCUT2D eigenvalue weighted by Crippen LogP contribution is -2.25. The molecular weight excluding hydrogens is 560 g/mol. The van der Waals surface area contributed by atoms with Crippen LogP contribution in [0.2, 0.25) is 5.02 Å². The van der Waals surface area contributed by atoms with E-state index in [1.54, 1.807) is 6.92 Å². The molecule has 194 valence electrons. The van der Waals surface area contributed by atoms with Gasteiger partial charge in [-0.15, -0.1) is 0 Å². The van der Waals surface area contributed by atoms with E-state index in [0.29, 0.717) is 5.56 Å². The molecule has 14 heteroatoms. The molecule has 3 aromatic rings. The van der Waals surface area contributed by atoms with Gasteiger partial charge in [-0.25, -0.2) is 30.0 Å². The van der Waals surface area contributed by atoms with Gasteiger partial charge in [-0.3, -0.25) is 0 Å². The maximum absolute atomic E-state index is 13.4. The summed E-state index contributed by atoms with van der Waals surface area (Å²) in [6, 6.07) is 11.8. The van der Waals surface area contributed by atoms with Crippen LogP contribution in [0.4, 0.5) is 8.78 Å². The van der Waals surface area contributed by atoms with Crippen molar-refractivity contribution < 1.29 is 38.8 Å². The van der Waals surface area contributed by atoms with E-state index in [0.717, 1.165) is 36.6 Å². The Morgan fingerprint density at radius 2 is 1.28 bits per heavy atom. The first-order chi connectivity index (χ1) is 16.6. The molecule has 0 amide bonds. The summed E-state index contributed by atoms with van der Waals surface area (Å²) in [5, 5.41) is 0.233. The highest BCUT2D eigenvalue weighted by atomic mass is 35.5. The number of hydrogen-bond donors (Lipinski definition) is 1. The van der Waals surface area contributed by atoms with Gasteiger partial charge in [0.05, 0.1) is 25.8 Å². The Morgan fingerprint density at radius 1 is 0.778 bits per heavy atom. The van der Waals surface area contributed by atoms with Crippen molar-refractivity contribution in [2.45, 2.75) is 39.2 Å². The SMILES string of the molecule is C[C@H](NS(C)(=O)=O)c1ccc(S(=O)(=O)c2ccc(OC(F)F)cc2S(=O)(=O)c2ccc(Cl)cc2)cc1. The summed E-state index contributed by atoms with van der Waals surface area (Å²) >= 11 is 5.81. The fraction of sp³-hybridized carbons (Fsp3) is 0.182. The molecule has 0 spiro atoms. The maximum atomic E-state index is 13.4. The first-order valence-electron chi connectivity index (χ1n) is 10.0. The summed E-state index contributed by atoms with van der Waals surface area (Å²) in [7, 11) is -12.5. The summed E-state index contributed by atoms with van der Waals surface area (Å²) < 4.78 is 109. The van der Waals surface area contributed by atoms with Gasteiger partial charge in [0.15, 0.2) is 0 Å². The van der Waals surface area contributed by atoms with Crippen LogP contribution in [0.5, 0.6) is 5.75 Å². The second-order valence-electron chi connectivity index (χ2n) is 7.63. The summed E-state index contributed by atoms with van der Waals surface area (Å²) in [4.78, 5) is -2.03. The van der Waals surface area contributed by atoms with Gasteiger partial charge in [0.25, 0.3) is 0 Å². The Bertz CT molecular complexity index is 1580. The predicted octanol–water partition coefficient (Wildman–Crippen LogP) is 4.22. The number of ether oxygens (including phenoxy) is 1. The van der Waals surface area contributed by atoms with Crippen molar-refractivity contribution in [3.63, 3.8) is 0 Å². The van der Waals surface area contributed by atoms with Crippen LogP contribution in [0.3, 0.4) is 0 Å². The van der Waals surface area contributed by atoms with E-state index in [2.05, 4.69) is 9.46 Å². The average Bonchev–Trinajstić information content (AvgIpc) is 2.78. The highest BCUT2D eigenvalue weighted by Crippen LogP contribution is 2.35. The summed E-state index contributed by atoms with van der Waals surface area (Å²) in [6.07, 6.45) is 0.979. The van der Waals surface area contributed by atoms with Gasteiger partial charge < -0.3 is 4.74 Å². The number of sulfonamides is 1. The minimum Gasteiger partial charge on any atom is -0.435 e. The van der Waals surface area contributed by atoms with Crippen LogP contribution in [-0.2, 0) is 29.7 Å². The van der Waals surface area contributed by atoms with Gasteiger partial charge in [-0.05, 0) is 61.0 Å². The minimum absolute atomic E-state index is 0.233. The van der Waals surface area contributed by atoms with Crippen molar-refractivity contribution in [2.75, 3.05) is 6.26 Å². The molecule has 0 aliphatic heterocycles. The number of rotatable bonds is 9. The summed E-state index contributed by atoms with van der Waals surface area (Å²) in [5.74, 6) is -0.549. The van der Waals surface area contributed by atoms with E-state index < -0.39 is 57.9 Å². The molecule has 3 aromatic carbocycles. The Kier molecular flexibility index (Phi) is 8.10. The molecule has 0 aromatic heterocycles. The zero-order valence-electron chi connectivity index (χ0n) is 18.7. The fourth-order valence-corrected chi connectivity index (χ4v) is 7.52. The predicted molar refractivity (Wildman–Crippen MR) is 128 cm³/mol. The van der Waals surface area contributed by atoms with Gasteiger partial charge in [0.1, 0.15) is 5.75 Å². The van der Waals surface area contributed by atoms with E-state index >= 15 is 0 Å². The number of benzene rings is 3. The number of hydrogen-bond acceptors (Lipinski definition) is 7. The summed E-state index contributed by atoms with van der Waals surface area (Å²) in [6.45, 7) is -1.71. The highest BCUT2D eigenvalue weighted by Gasteiger charge is 2.30. The Balaban J connectivity index is 2.13. The smallest absolute Gasteiger partial charge is 0.387 e. The molecular formula is C22H20ClF2NO7S3. The van der Waals surface area contributed by atoms with Gasteiger partial charge >= 0.3 is 6.61 Å². The number of alkyl halides is 2. The number of sulfone groups is 2. The van der Waals surface area contributed by atoms with Crippen LogP contribution < -0.4 is 9.46 Å². The van der Waals surface area contributed by atoms with Crippen LogP contribution in [0.1, 0.15) is 18.5 Å². The lowest BCUT2D eigenvalue weighted by molar-refractivity contribution is -0.0500. The lowest BCUT2D eigenvalue weighted by atomic mass is 10.1. The fourth-order valence-electron chi connectivity index (χ4n) is 3.29. The molecule has 1 atom stereocenters. The number of nitrogens with one attached hydrogen (secondary N) is 1. The first-order valence-corrected chi connectivity index (χ1v) is 15.3. The molecule has 8 nitrogen and oxygen atoms in total. The molecule has 0 bridgehead atoms. The third-order valence-corrected chi connectivity index (χ3v) is 9.72. The van der Waals surface area contributed by atoms with Crippen molar-refractivity contribution in [1.29, 1.82) is 0 Å². The Labute approximate surface area is 212 Å². The quantitative estimate of drug-likeness (QED) is 0.402. The second kappa shape index (κ2) is 10.4. The highest BCUT2D eigenvalue weighted by molar-refractivity contribution is 7.94. The van der Waals surface area contributed by atoms with E-state index in [1.165, 1.54) is 36.4 Å². The van der Waals surface area contributed by atoms with Crippen molar-refractivity contribution in [2.24, 2.45) is 0 Å². The molecule has 0 aliphatic rings. The van der Waals surface area contributed by atoms with E-state index in [1.807, 2.05) is 0 Å². The molecule has 0 aliphatic carbocycles. The van der Waals surface area contributed by atoms with Crippen molar-refractivity contribution in [3.8, 4) is 5.75 Å². The topological polar surface area (TPSA) is 124 Å². The average molecular weight is 580 g/mol. The Hall–Kier alpha value is -2.58. The third kappa shape index (κ3) is 6.40. The maximum Gasteiger partial charge on any atom is 0.387 e. The van der Waals surface area contributed by atoms with Crippen LogP contribution in [-0.4, -0.2) is 38.1 Å². The van der Waals surface area contributed by atoms with Crippen molar-refractivity contribution in [3.05, 3.63) is 77.3 Å². The molecule has 0 radical (unpaired) electrons. The monoisotopic (exact) mass is 579 g/mol. The number of halogens is 3. The zero-order valence-corrected chi connectivity index (χ0v) is 21.9. The van der Waals surface area contributed by atoms with Gasteiger partial charge in [0, 0.05) is 17.1 Å². The van der Waals surface area contributed by atoms with Crippen LogP contribution in [0, 0.1) is 0 Å². The van der Waals surface area contributed by atoms with Crippen LogP contribution in [0.25, 0.3) is 0 Å². The van der Waals surface area contributed by atoms with Crippen LogP contribution >= 0.6 is 11.6 Å². The molecule has 0 unspecified atom stereocenters. The third-order valence-electron chi connectivity index (χ3n) is 4.92. The Morgan fingerprint density at radius 3 is 1.78 bits per heavy atom. The summed E-state index contributed by atoms with van der Waals surface area (Å²) in [5.41, 5.74) is 0.453. The molecule has 0 heterocycles. The largest absolute Gasteiger partial charge is 0.435 e. The van der Waals surface area contributed by atoms with Crippen LogP contribution in [0.15, 0.2) is 86.3 Å². The first kappa shape index (κ1) is 28.0. The standard InChI is InChI=1S/C22H20ClF2NO7S3/c1-14(26-34(2,27)28)15-3-8-18(9-4-15)35(29,30)20-12-7-17(33-22(24)25)13-21(20)36(31,32)19-10-5-16(23)6-11-19/h3-14,22,26H,1-2H3/t14-/m0/s1. The zero-order chi connectivity index (χ0) is 26.9. The van der Waals surface area contributed by atoms with Crippen molar-refractivity contribution >= 4 is 41.3 Å². The second-order valence-corrected chi connectivity index (χ2v) is 13.7. The minimum atomic E-state index is -4.52. The normalized spacial score (nSPS) is 13.5. The lowest BCUT2D eigenvalue weighted by Gasteiger charge is -2.15. The molecule has 0 fully saturated rings.